The van der Waals surface area contributed by atoms with Gasteiger partial charge < -0.3 is 19.9 Å². The summed E-state index contributed by atoms with van der Waals surface area (Å²) in [6.07, 6.45) is 1.75. The van der Waals surface area contributed by atoms with E-state index in [1.165, 1.54) is 26.2 Å². The van der Waals surface area contributed by atoms with Crippen molar-refractivity contribution in [3.8, 4) is 11.1 Å². The van der Waals surface area contributed by atoms with Crippen LogP contribution in [0.2, 0.25) is 0 Å². The molecule has 2 N–H and O–H groups in total. The Morgan fingerprint density at radius 3 is 2.53 bits per heavy atom. The van der Waals surface area contributed by atoms with E-state index in [0.29, 0.717) is 48.7 Å². The molecule has 0 spiro atoms. The highest BCUT2D eigenvalue weighted by Gasteiger charge is 2.28. The van der Waals surface area contributed by atoms with E-state index in [1.54, 1.807) is 17.0 Å². The molecule has 38 heavy (non-hydrogen) atoms. The maximum Gasteiger partial charge on any atom is 0.256 e. The van der Waals surface area contributed by atoms with Crippen molar-refractivity contribution < 1.29 is 22.7 Å². The van der Waals surface area contributed by atoms with E-state index < -0.39 is 10.0 Å². The fraction of sp³-hybridized carbons (Fsp3) is 0.286. The van der Waals surface area contributed by atoms with E-state index in [4.69, 9.17) is 4.74 Å². The number of sulfonamides is 1. The van der Waals surface area contributed by atoms with E-state index >= 15 is 0 Å². The Morgan fingerprint density at radius 1 is 1.08 bits per heavy atom. The molecule has 1 fully saturated rings. The van der Waals surface area contributed by atoms with Crippen molar-refractivity contribution >= 4 is 39.2 Å². The van der Waals surface area contributed by atoms with Crippen molar-refractivity contribution in [1.82, 2.24) is 14.2 Å². The summed E-state index contributed by atoms with van der Waals surface area (Å²) >= 11 is 0. The molecule has 10 heteroatoms. The molecule has 9 nitrogen and oxygen atoms in total. The molecule has 3 aromatic rings. The molecule has 2 aliphatic heterocycles. The highest BCUT2D eigenvalue weighted by Crippen LogP contribution is 2.37. The van der Waals surface area contributed by atoms with Gasteiger partial charge in [-0.3, -0.25) is 9.59 Å². The molecular formula is C28H30N4O5S. The first kappa shape index (κ1) is 25.9. The molecule has 0 radical (unpaired) electrons. The molecule has 3 heterocycles. The van der Waals surface area contributed by atoms with Gasteiger partial charge in [0.15, 0.2) is 0 Å². The second-order valence-corrected chi connectivity index (χ2v) is 11.8. The minimum atomic E-state index is -3.66. The number of ether oxygens (including phenoxy) is 1. The second kappa shape index (κ2) is 9.86. The largest absolute Gasteiger partial charge is 0.378 e. The van der Waals surface area contributed by atoms with Gasteiger partial charge in [-0.1, -0.05) is 12.1 Å². The van der Waals surface area contributed by atoms with Gasteiger partial charge in [0.1, 0.15) is 0 Å². The third-order valence-corrected chi connectivity index (χ3v) is 8.83. The van der Waals surface area contributed by atoms with Gasteiger partial charge in [0.25, 0.3) is 11.8 Å². The first-order valence-corrected chi connectivity index (χ1v) is 13.8. The van der Waals surface area contributed by atoms with Crippen LogP contribution in [0.3, 0.4) is 0 Å². The van der Waals surface area contributed by atoms with Crippen LogP contribution in [-0.4, -0.2) is 74.8 Å². The lowest BCUT2D eigenvalue weighted by molar-refractivity contribution is -0.110. The minimum absolute atomic E-state index is 0.0222. The Hall–Kier alpha value is -3.73. The zero-order valence-electron chi connectivity index (χ0n) is 21.8. The van der Waals surface area contributed by atoms with Crippen LogP contribution in [0.5, 0.6) is 0 Å². The third kappa shape index (κ3) is 4.55. The molecule has 0 bridgehead atoms. The quantitative estimate of drug-likeness (QED) is 0.487. The summed E-state index contributed by atoms with van der Waals surface area (Å²) in [7, 11) is -0.715. The van der Waals surface area contributed by atoms with Crippen LogP contribution in [0.1, 0.15) is 32.9 Å². The number of H-pyrrole nitrogens is 1. The highest BCUT2D eigenvalue weighted by atomic mass is 32.2. The summed E-state index contributed by atoms with van der Waals surface area (Å²) in [6.45, 7) is 6.14. The van der Waals surface area contributed by atoms with Gasteiger partial charge in [-0.15, -0.1) is 0 Å². The van der Waals surface area contributed by atoms with Crippen molar-refractivity contribution in [2.45, 2.75) is 18.7 Å². The lowest BCUT2D eigenvalue weighted by Crippen LogP contribution is -2.40. The smallest absolute Gasteiger partial charge is 0.256 e. The fourth-order valence-corrected chi connectivity index (χ4v) is 5.86. The van der Waals surface area contributed by atoms with Crippen LogP contribution in [0.4, 0.5) is 5.69 Å². The molecule has 2 amide bonds. The topological polar surface area (TPSA) is 112 Å². The number of anilines is 1. The van der Waals surface area contributed by atoms with E-state index in [-0.39, 0.29) is 16.7 Å². The number of aryl methyl sites for hydroxylation is 1. The number of hydrogen-bond donors (Lipinski definition) is 2. The Bertz CT molecular complexity index is 1580. The zero-order chi connectivity index (χ0) is 27.2. The van der Waals surface area contributed by atoms with Crippen LogP contribution >= 0.6 is 0 Å². The number of morpholine rings is 1. The Morgan fingerprint density at radius 2 is 1.82 bits per heavy atom. The Kier molecular flexibility index (Phi) is 6.72. The fourth-order valence-electron chi connectivity index (χ4n) is 4.93. The van der Waals surface area contributed by atoms with Crippen molar-refractivity contribution in [3.05, 3.63) is 70.5 Å². The number of carbonyl (C=O) groups excluding carboxylic acids is 2. The number of aromatic amines is 1. The van der Waals surface area contributed by atoms with Crippen molar-refractivity contribution in [2.24, 2.45) is 0 Å². The standard InChI is InChI=1S/C28H30N4O5S/c1-17-25(16-23-22-15-21(38(35,36)31(3)4)8-9-24(22)30-27(23)33)29-18(2)26(17)19-6-5-7-20(14-19)28(34)32-10-12-37-13-11-32/h5-9,14-16,29H,10-13H2,1-4H3,(H,30,33). The molecule has 5 rings (SSSR count). The van der Waals surface area contributed by atoms with Crippen LogP contribution in [-0.2, 0) is 19.6 Å². The second-order valence-electron chi connectivity index (χ2n) is 9.66. The van der Waals surface area contributed by atoms with Crippen LogP contribution in [0, 0.1) is 13.8 Å². The van der Waals surface area contributed by atoms with Gasteiger partial charge in [0.05, 0.1) is 23.7 Å². The van der Waals surface area contributed by atoms with E-state index in [2.05, 4.69) is 10.3 Å². The number of hydrogen-bond acceptors (Lipinski definition) is 5. The number of nitrogens with zero attached hydrogens (tertiary/aromatic N) is 2. The molecule has 198 valence electrons. The summed E-state index contributed by atoms with van der Waals surface area (Å²) in [4.78, 5) is 31.2. The number of carbonyl (C=O) groups is 2. The highest BCUT2D eigenvalue weighted by molar-refractivity contribution is 7.89. The summed E-state index contributed by atoms with van der Waals surface area (Å²) in [5, 5.41) is 2.82. The monoisotopic (exact) mass is 534 g/mol. The lowest BCUT2D eigenvalue weighted by atomic mass is 9.98. The van der Waals surface area contributed by atoms with Gasteiger partial charge in [0, 0.05) is 61.0 Å². The van der Waals surface area contributed by atoms with Crippen LogP contribution < -0.4 is 5.32 Å². The number of rotatable bonds is 5. The van der Waals surface area contributed by atoms with E-state index in [1.807, 2.05) is 38.1 Å². The first-order chi connectivity index (χ1) is 18.1. The number of nitrogens with one attached hydrogen (secondary N) is 2. The van der Waals surface area contributed by atoms with Crippen molar-refractivity contribution in [2.75, 3.05) is 45.7 Å². The third-order valence-electron chi connectivity index (χ3n) is 7.01. The van der Waals surface area contributed by atoms with Gasteiger partial charge >= 0.3 is 0 Å². The van der Waals surface area contributed by atoms with Gasteiger partial charge in [-0.2, -0.15) is 0 Å². The number of fused-ring (bicyclic) bond motifs is 1. The van der Waals surface area contributed by atoms with Crippen LogP contribution in [0.15, 0.2) is 47.4 Å². The SMILES string of the molecule is Cc1[nH]c(C=C2C(=O)Nc3ccc(S(=O)(=O)N(C)C)cc32)c(C)c1-c1cccc(C(=O)N2CCOCC2)c1. The van der Waals surface area contributed by atoms with Crippen molar-refractivity contribution in [3.63, 3.8) is 0 Å². The lowest BCUT2D eigenvalue weighted by Gasteiger charge is -2.27. The molecule has 0 aliphatic carbocycles. The van der Waals surface area contributed by atoms with E-state index in [0.717, 1.165) is 32.4 Å². The average Bonchev–Trinajstić information content (AvgIpc) is 3.37. The predicted molar refractivity (Wildman–Crippen MR) is 146 cm³/mol. The molecule has 0 unspecified atom stereocenters. The van der Waals surface area contributed by atoms with Gasteiger partial charge in [-0.25, -0.2) is 12.7 Å². The Balaban J connectivity index is 1.52. The Labute approximate surface area is 222 Å². The molecule has 0 atom stereocenters. The van der Waals surface area contributed by atoms with Gasteiger partial charge in [-0.05, 0) is 61.4 Å². The molecule has 2 aromatic carbocycles. The van der Waals surface area contributed by atoms with Crippen molar-refractivity contribution in [1.29, 1.82) is 0 Å². The molecule has 1 saturated heterocycles. The average molecular weight is 535 g/mol. The number of benzene rings is 2. The summed E-state index contributed by atoms with van der Waals surface area (Å²) < 4.78 is 31.9. The molecule has 2 aliphatic rings. The first-order valence-electron chi connectivity index (χ1n) is 12.3. The zero-order valence-corrected chi connectivity index (χ0v) is 22.6. The predicted octanol–water partition coefficient (Wildman–Crippen LogP) is 3.51. The van der Waals surface area contributed by atoms with Gasteiger partial charge in [0.2, 0.25) is 10.0 Å². The summed E-state index contributed by atoms with van der Waals surface area (Å²) in [5.74, 6) is -0.322. The number of aromatic nitrogens is 1. The molecular weight excluding hydrogens is 504 g/mol. The summed E-state index contributed by atoms with van der Waals surface area (Å²) in [5.41, 5.74) is 6.50. The minimum Gasteiger partial charge on any atom is -0.378 e. The molecule has 0 saturated carbocycles. The maximum absolute atomic E-state index is 13.0. The maximum atomic E-state index is 13.0. The summed E-state index contributed by atoms with van der Waals surface area (Å²) in [6, 6.07) is 12.2. The van der Waals surface area contributed by atoms with Crippen LogP contribution in [0.25, 0.3) is 22.8 Å². The number of amides is 2. The molecule has 1 aromatic heterocycles. The van der Waals surface area contributed by atoms with E-state index in [9.17, 15) is 18.0 Å². The normalized spacial score (nSPS) is 16.7.